The SMILES string of the molecule is Cl.NC1CCN(C(=O)N2CCCC2)CC1. The number of amides is 2. The second-order valence-electron chi connectivity index (χ2n) is 4.30. The topological polar surface area (TPSA) is 49.6 Å². The highest BCUT2D eigenvalue weighted by molar-refractivity contribution is 5.85. The molecule has 5 heteroatoms. The van der Waals surface area contributed by atoms with Gasteiger partial charge in [0, 0.05) is 32.2 Å². The Morgan fingerprint density at radius 1 is 1.00 bits per heavy atom. The molecule has 0 bridgehead atoms. The molecule has 88 valence electrons. The number of rotatable bonds is 0. The van der Waals surface area contributed by atoms with Gasteiger partial charge in [-0.15, -0.1) is 12.4 Å². The number of urea groups is 1. The number of nitrogens with zero attached hydrogens (tertiary/aromatic N) is 2. The van der Waals surface area contributed by atoms with E-state index in [1.165, 1.54) is 12.8 Å². The summed E-state index contributed by atoms with van der Waals surface area (Å²) < 4.78 is 0. The van der Waals surface area contributed by atoms with Crippen molar-refractivity contribution in [3.8, 4) is 0 Å². The molecule has 4 nitrogen and oxygen atoms in total. The smallest absolute Gasteiger partial charge is 0.319 e. The molecule has 0 aliphatic carbocycles. The van der Waals surface area contributed by atoms with Crippen LogP contribution in [0.15, 0.2) is 0 Å². The first-order chi connectivity index (χ1) is 6.77. The van der Waals surface area contributed by atoms with E-state index < -0.39 is 0 Å². The fourth-order valence-electron chi connectivity index (χ4n) is 2.20. The first-order valence-corrected chi connectivity index (χ1v) is 5.57. The van der Waals surface area contributed by atoms with Gasteiger partial charge in [0.05, 0.1) is 0 Å². The van der Waals surface area contributed by atoms with Crippen molar-refractivity contribution in [3.63, 3.8) is 0 Å². The van der Waals surface area contributed by atoms with E-state index in [0.717, 1.165) is 39.0 Å². The maximum absolute atomic E-state index is 11.9. The Bertz CT molecular complexity index is 211. The molecule has 0 aromatic carbocycles. The molecular formula is C10H20ClN3O. The number of hydrogen-bond donors (Lipinski definition) is 1. The minimum atomic E-state index is 0. The molecule has 0 aromatic heterocycles. The van der Waals surface area contributed by atoms with Crippen molar-refractivity contribution in [2.24, 2.45) is 5.73 Å². The van der Waals surface area contributed by atoms with Crippen LogP contribution in [-0.2, 0) is 0 Å². The van der Waals surface area contributed by atoms with Crippen LogP contribution in [0, 0.1) is 0 Å². The van der Waals surface area contributed by atoms with E-state index in [1.54, 1.807) is 0 Å². The lowest BCUT2D eigenvalue weighted by Crippen LogP contribution is -2.48. The lowest BCUT2D eigenvalue weighted by molar-refractivity contribution is 0.149. The van der Waals surface area contributed by atoms with Gasteiger partial charge in [-0.1, -0.05) is 0 Å². The van der Waals surface area contributed by atoms with Crippen LogP contribution in [0.2, 0.25) is 0 Å². The maximum atomic E-state index is 11.9. The summed E-state index contributed by atoms with van der Waals surface area (Å²) >= 11 is 0. The van der Waals surface area contributed by atoms with Gasteiger partial charge in [-0.25, -0.2) is 4.79 Å². The summed E-state index contributed by atoms with van der Waals surface area (Å²) in [6.07, 6.45) is 4.25. The molecule has 2 amide bonds. The minimum Gasteiger partial charge on any atom is -0.328 e. The van der Waals surface area contributed by atoms with Gasteiger partial charge in [0.1, 0.15) is 0 Å². The lowest BCUT2D eigenvalue weighted by Gasteiger charge is -2.33. The van der Waals surface area contributed by atoms with Gasteiger partial charge in [0.25, 0.3) is 0 Å². The van der Waals surface area contributed by atoms with Crippen LogP contribution >= 0.6 is 12.4 Å². The van der Waals surface area contributed by atoms with Crippen molar-refractivity contribution in [1.82, 2.24) is 9.80 Å². The molecule has 0 radical (unpaired) electrons. The third kappa shape index (κ3) is 2.98. The van der Waals surface area contributed by atoms with Crippen molar-refractivity contribution >= 4 is 18.4 Å². The Hall–Kier alpha value is -0.480. The minimum absolute atomic E-state index is 0. The Kier molecular flexibility index (Phi) is 4.67. The van der Waals surface area contributed by atoms with Gasteiger partial charge in [-0.3, -0.25) is 0 Å². The van der Waals surface area contributed by atoms with Crippen LogP contribution in [0.5, 0.6) is 0 Å². The molecule has 15 heavy (non-hydrogen) atoms. The van der Waals surface area contributed by atoms with E-state index in [2.05, 4.69) is 0 Å². The van der Waals surface area contributed by atoms with Crippen LogP contribution in [0.3, 0.4) is 0 Å². The molecule has 2 fully saturated rings. The Labute approximate surface area is 97.2 Å². The molecule has 2 aliphatic rings. The van der Waals surface area contributed by atoms with Crippen LogP contribution in [0.1, 0.15) is 25.7 Å². The second kappa shape index (κ2) is 5.56. The molecular weight excluding hydrogens is 214 g/mol. The fraction of sp³-hybridized carbons (Fsp3) is 0.900. The van der Waals surface area contributed by atoms with E-state index in [9.17, 15) is 4.79 Å². The van der Waals surface area contributed by atoms with Crippen molar-refractivity contribution in [2.45, 2.75) is 31.7 Å². The second-order valence-corrected chi connectivity index (χ2v) is 4.30. The summed E-state index contributed by atoms with van der Waals surface area (Å²) in [4.78, 5) is 15.8. The highest BCUT2D eigenvalue weighted by Crippen LogP contribution is 2.14. The third-order valence-corrected chi connectivity index (χ3v) is 3.19. The molecule has 2 saturated heterocycles. The molecule has 2 N–H and O–H groups in total. The summed E-state index contributed by atoms with van der Waals surface area (Å²) in [5.74, 6) is 0. The predicted octanol–water partition coefficient (Wildman–Crippen LogP) is 1.05. The van der Waals surface area contributed by atoms with Crippen LogP contribution in [0.4, 0.5) is 4.79 Å². The molecule has 0 spiro atoms. The average molecular weight is 234 g/mol. The van der Waals surface area contributed by atoms with E-state index in [0.29, 0.717) is 6.04 Å². The summed E-state index contributed by atoms with van der Waals surface area (Å²) in [6.45, 7) is 3.58. The Morgan fingerprint density at radius 3 is 2.00 bits per heavy atom. The first kappa shape index (κ1) is 12.6. The number of likely N-dealkylation sites (tertiary alicyclic amines) is 2. The van der Waals surface area contributed by atoms with E-state index >= 15 is 0 Å². The lowest BCUT2D eigenvalue weighted by atomic mass is 10.1. The standard InChI is InChI=1S/C10H19N3O.ClH/c11-9-3-7-13(8-4-9)10(14)12-5-1-2-6-12;/h9H,1-8,11H2;1H. The fourth-order valence-corrected chi connectivity index (χ4v) is 2.20. The number of carbonyl (C=O) groups is 1. The Morgan fingerprint density at radius 2 is 1.47 bits per heavy atom. The van der Waals surface area contributed by atoms with Crippen LogP contribution in [-0.4, -0.2) is 48.1 Å². The Balaban J connectivity index is 0.00000112. The summed E-state index contributed by atoms with van der Waals surface area (Å²) in [6, 6.07) is 0.534. The van der Waals surface area contributed by atoms with Gasteiger partial charge < -0.3 is 15.5 Å². The monoisotopic (exact) mass is 233 g/mol. The van der Waals surface area contributed by atoms with Crippen molar-refractivity contribution in [1.29, 1.82) is 0 Å². The molecule has 0 aromatic rings. The number of piperidine rings is 1. The molecule has 0 saturated carbocycles. The normalized spacial score (nSPS) is 22.7. The van der Waals surface area contributed by atoms with E-state index in [-0.39, 0.29) is 18.4 Å². The average Bonchev–Trinajstić information content (AvgIpc) is 2.71. The maximum Gasteiger partial charge on any atom is 0.319 e. The molecule has 0 atom stereocenters. The first-order valence-electron chi connectivity index (χ1n) is 5.57. The highest BCUT2D eigenvalue weighted by atomic mass is 35.5. The predicted molar refractivity (Wildman–Crippen MR) is 62.2 cm³/mol. The van der Waals surface area contributed by atoms with Crippen LogP contribution < -0.4 is 5.73 Å². The number of halogens is 1. The van der Waals surface area contributed by atoms with Crippen LogP contribution in [0.25, 0.3) is 0 Å². The molecule has 2 heterocycles. The molecule has 2 rings (SSSR count). The zero-order chi connectivity index (χ0) is 9.97. The molecule has 0 unspecified atom stereocenters. The summed E-state index contributed by atoms with van der Waals surface area (Å²) in [5, 5.41) is 0. The highest BCUT2D eigenvalue weighted by Gasteiger charge is 2.26. The number of hydrogen-bond acceptors (Lipinski definition) is 2. The quantitative estimate of drug-likeness (QED) is 0.680. The zero-order valence-corrected chi connectivity index (χ0v) is 9.84. The van der Waals surface area contributed by atoms with Crippen molar-refractivity contribution < 1.29 is 4.79 Å². The van der Waals surface area contributed by atoms with Crippen molar-refractivity contribution in [2.75, 3.05) is 26.2 Å². The summed E-state index contributed by atoms with van der Waals surface area (Å²) in [5.41, 5.74) is 5.80. The summed E-state index contributed by atoms with van der Waals surface area (Å²) in [7, 11) is 0. The zero-order valence-electron chi connectivity index (χ0n) is 9.02. The van der Waals surface area contributed by atoms with Gasteiger partial charge in [-0.05, 0) is 25.7 Å². The van der Waals surface area contributed by atoms with Gasteiger partial charge in [0.2, 0.25) is 0 Å². The van der Waals surface area contributed by atoms with Gasteiger partial charge >= 0.3 is 6.03 Å². The number of nitrogens with two attached hydrogens (primary N) is 1. The van der Waals surface area contributed by atoms with Gasteiger partial charge in [0.15, 0.2) is 0 Å². The molecule has 2 aliphatic heterocycles. The number of carbonyl (C=O) groups excluding carboxylic acids is 1. The van der Waals surface area contributed by atoms with Crippen molar-refractivity contribution in [3.05, 3.63) is 0 Å². The van der Waals surface area contributed by atoms with Gasteiger partial charge in [-0.2, -0.15) is 0 Å². The van der Waals surface area contributed by atoms with E-state index in [1.807, 2.05) is 9.80 Å². The largest absolute Gasteiger partial charge is 0.328 e. The third-order valence-electron chi connectivity index (χ3n) is 3.19. The van der Waals surface area contributed by atoms with E-state index in [4.69, 9.17) is 5.73 Å².